The molecule has 0 aliphatic heterocycles. The molecule has 1 aromatic rings. The number of thiol groups is 1. The van der Waals surface area contributed by atoms with Gasteiger partial charge in [-0.05, 0) is 51.8 Å². The summed E-state index contributed by atoms with van der Waals surface area (Å²) in [6, 6.07) is 3.89. The number of benzene rings is 1. The van der Waals surface area contributed by atoms with E-state index in [0.29, 0.717) is 12.0 Å². The number of nitrogens with zero attached hydrogens (tertiary/aromatic N) is 1. The van der Waals surface area contributed by atoms with Crippen LogP contribution in [0.2, 0.25) is 0 Å². The first kappa shape index (κ1) is 32.1. The molecular formula is C26H41N3O7S. The third-order valence-corrected chi connectivity index (χ3v) is 5.50. The molecule has 2 unspecified atom stereocenters. The molecule has 10 nitrogen and oxygen atoms in total. The Bertz CT molecular complexity index is 904. The van der Waals surface area contributed by atoms with Crippen molar-refractivity contribution in [3.8, 4) is 5.75 Å². The number of nitrogens with one attached hydrogen (secondary N) is 2. The topological polar surface area (TPSA) is 134 Å². The zero-order valence-corrected chi connectivity index (χ0v) is 23.3. The summed E-state index contributed by atoms with van der Waals surface area (Å²) in [5.41, 5.74) is -0.383. The fraction of sp³-hybridized carbons (Fsp3) is 0.615. The van der Waals surface area contributed by atoms with Crippen LogP contribution in [-0.4, -0.2) is 71.0 Å². The van der Waals surface area contributed by atoms with Crippen molar-refractivity contribution in [3.05, 3.63) is 29.8 Å². The molecule has 0 heterocycles. The number of hydrogen-bond acceptors (Lipinski definition) is 8. The smallest absolute Gasteiger partial charge is 0.408 e. The van der Waals surface area contributed by atoms with E-state index in [1.807, 2.05) is 6.92 Å². The highest BCUT2D eigenvalue weighted by atomic mass is 32.1. The SMILES string of the molecule is CCCCCN(C(=O)C(CS)NC(=O)OC(C)(C)C)C(C(=O)NCCC(=O)OCC)c1cccc(O)c1. The van der Waals surface area contributed by atoms with E-state index in [2.05, 4.69) is 23.3 Å². The van der Waals surface area contributed by atoms with Gasteiger partial charge in [0.25, 0.3) is 0 Å². The molecule has 0 aliphatic carbocycles. The minimum absolute atomic E-state index is 0.0100. The predicted octanol–water partition coefficient (Wildman–Crippen LogP) is 3.34. The number of esters is 1. The highest BCUT2D eigenvalue weighted by Gasteiger charge is 2.35. The lowest BCUT2D eigenvalue weighted by molar-refractivity contribution is -0.144. The molecule has 1 aromatic carbocycles. The Morgan fingerprint density at radius 3 is 2.41 bits per heavy atom. The van der Waals surface area contributed by atoms with Crippen LogP contribution in [0, 0.1) is 0 Å². The Morgan fingerprint density at radius 1 is 1.14 bits per heavy atom. The Morgan fingerprint density at radius 2 is 1.84 bits per heavy atom. The molecule has 0 saturated carbocycles. The van der Waals surface area contributed by atoms with Gasteiger partial charge in [0.2, 0.25) is 11.8 Å². The average Bonchev–Trinajstić information content (AvgIpc) is 2.80. The van der Waals surface area contributed by atoms with E-state index in [1.165, 1.54) is 17.0 Å². The Kier molecular flexibility index (Phi) is 13.9. The molecule has 0 radical (unpaired) electrons. The quantitative estimate of drug-likeness (QED) is 0.162. The van der Waals surface area contributed by atoms with E-state index < -0.39 is 41.6 Å². The van der Waals surface area contributed by atoms with E-state index in [9.17, 15) is 24.3 Å². The molecule has 1 rings (SSSR count). The average molecular weight is 540 g/mol. The summed E-state index contributed by atoms with van der Waals surface area (Å²) in [5.74, 6) is -1.61. The van der Waals surface area contributed by atoms with Gasteiger partial charge in [0, 0.05) is 18.8 Å². The van der Waals surface area contributed by atoms with Crippen LogP contribution in [0.15, 0.2) is 24.3 Å². The third kappa shape index (κ3) is 11.8. The summed E-state index contributed by atoms with van der Waals surface area (Å²) in [4.78, 5) is 52.7. The number of phenolic OH excluding ortho intramolecular Hbond substituents is 1. The number of aromatic hydroxyl groups is 1. The van der Waals surface area contributed by atoms with Crippen LogP contribution in [0.4, 0.5) is 4.79 Å². The molecule has 0 spiro atoms. The largest absolute Gasteiger partial charge is 0.508 e. The number of hydrogen-bond donors (Lipinski definition) is 4. The fourth-order valence-electron chi connectivity index (χ4n) is 3.52. The maximum absolute atomic E-state index is 13.7. The van der Waals surface area contributed by atoms with Gasteiger partial charge in [-0.15, -0.1) is 0 Å². The molecule has 37 heavy (non-hydrogen) atoms. The van der Waals surface area contributed by atoms with Crippen LogP contribution < -0.4 is 10.6 Å². The minimum atomic E-state index is -1.12. The molecule has 2 atom stereocenters. The van der Waals surface area contributed by atoms with Crippen molar-refractivity contribution in [2.45, 2.75) is 78.0 Å². The molecule has 3 N–H and O–H groups in total. The van der Waals surface area contributed by atoms with Gasteiger partial charge in [0.15, 0.2) is 0 Å². The van der Waals surface area contributed by atoms with Crippen LogP contribution in [-0.2, 0) is 23.9 Å². The molecule has 0 aromatic heterocycles. The first-order valence-electron chi connectivity index (χ1n) is 12.6. The zero-order chi connectivity index (χ0) is 28.0. The highest BCUT2D eigenvalue weighted by molar-refractivity contribution is 7.80. The second-order valence-corrected chi connectivity index (χ2v) is 9.83. The molecule has 3 amide bonds. The summed E-state index contributed by atoms with van der Waals surface area (Å²) in [6.07, 6.45) is 1.50. The third-order valence-electron chi connectivity index (χ3n) is 5.14. The summed E-state index contributed by atoms with van der Waals surface area (Å²) in [6.45, 7) is 9.29. The van der Waals surface area contributed by atoms with Crippen molar-refractivity contribution in [2.75, 3.05) is 25.4 Å². The summed E-state index contributed by atoms with van der Waals surface area (Å²) >= 11 is 4.26. The van der Waals surface area contributed by atoms with Crippen molar-refractivity contribution in [1.29, 1.82) is 0 Å². The zero-order valence-electron chi connectivity index (χ0n) is 22.4. The number of amides is 3. The maximum Gasteiger partial charge on any atom is 0.408 e. The van der Waals surface area contributed by atoms with Crippen molar-refractivity contribution in [2.24, 2.45) is 0 Å². The molecule has 0 fully saturated rings. The summed E-state index contributed by atoms with van der Waals surface area (Å²) in [5, 5.41) is 15.3. The number of phenols is 1. The van der Waals surface area contributed by atoms with Gasteiger partial charge in [0.05, 0.1) is 13.0 Å². The van der Waals surface area contributed by atoms with Gasteiger partial charge in [-0.3, -0.25) is 14.4 Å². The number of unbranched alkanes of at least 4 members (excludes halogenated alkanes) is 2. The molecule has 0 saturated heterocycles. The Balaban J connectivity index is 3.30. The van der Waals surface area contributed by atoms with Gasteiger partial charge in [-0.1, -0.05) is 31.9 Å². The minimum Gasteiger partial charge on any atom is -0.508 e. The summed E-state index contributed by atoms with van der Waals surface area (Å²) in [7, 11) is 0. The first-order chi connectivity index (χ1) is 17.4. The fourth-order valence-corrected chi connectivity index (χ4v) is 3.77. The van der Waals surface area contributed by atoms with Gasteiger partial charge in [-0.2, -0.15) is 12.6 Å². The normalized spacial score (nSPS) is 12.7. The van der Waals surface area contributed by atoms with E-state index in [1.54, 1.807) is 39.8 Å². The van der Waals surface area contributed by atoms with Crippen molar-refractivity contribution in [1.82, 2.24) is 15.5 Å². The van der Waals surface area contributed by atoms with Crippen molar-refractivity contribution < 1.29 is 33.8 Å². The molecule has 11 heteroatoms. The second-order valence-electron chi connectivity index (χ2n) is 9.46. The van der Waals surface area contributed by atoms with E-state index >= 15 is 0 Å². The summed E-state index contributed by atoms with van der Waals surface area (Å²) < 4.78 is 10.2. The number of ether oxygens (including phenoxy) is 2. The van der Waals surface area contributed by atoms with E-state index in [0.717, 1.165) is 12.8 Å². The molecule has 0 bridgehead atoms. The lowest BCUT2D eigenvalue weighted by Crippen LogP contribution is -2.54. The van der Waals surface area contributed by atoms with Crippen LogP contribution in [0.3, 0.4) is 0 Å². The predicted molar refractivity (Wildman–Crippen MR) is 143 cm³/mol. The standard InChI is InChI=1S/C26H41N3O7S/c1-6-8-9-15-29(24(33)20(17-37)28-25(34)36-26(3,4)5)22(18-11-10-12-19(30)16-18)23(32)27-14-13-21(31)35-7-2/h10-12,16,20,22,30,37H,6-9,13-15,17H2,1-5H3,(H,27,32)(H,28,34). The van der Waals surface area contributed by atoms with Crippen LogP contribution in [0.5, 0.6) is 5.75 Å². The number of alkyl carbamates (subject to hydrolysis) is 1. The Labute approximate surface area is 224 Å². The van der Waals surface area contributed by atoms with Crippen LogP contribution >= 0.6 is 12.6 Å². The van der Waals surface area contributed by atoms with Gasteiger partial charge in [-0.25, -0.2) is 4.79 Å². The number of carbonyl (C=O) groups excluding carboxylic acids is 4. The first-order valence-corrected chi connectivity index (χ1v) is 13.2. The van der Waals surface area contributed by atoms with E-state index in [4.69, 9.17) is 9.47 Å². The molecule has 208 valence electrons. The van der Waals surface area contributed by atoms with Gasteiger partial charge < -0.3 is 30.1 Å². The van der Waals surface area contributed by atoms with Crippen molar-refractivity contribution in [3.63, 3.8) is 0 Å². The lowest BCUT2D eigenvalue weighted by atomic mass is 10.0. The molecule has 0 aliphatic rings. The van der Waals surface area contributed by atoms with Gasteiger partial charge in [0.1, 0.15) is 23.4 Å². The number of rotatable bonds is 14. The van der Waals surface area contributed by atoms with Crippen molar-refractivity contribution >= 4 is 36.5 Å². The van der Waals surface area contributed by atoms with E-state index in [-0.39, 0.29) is 37.6 Å². The van der Waals surface area contributed by atoms with Crippen LogP contribution in [0.25, 0.3) is 0 Å². The highest BCUT2D eigenvalue weighted by Crippen LogP contribution is 2.26. The lowest BCUT2D eigenvalue weighted by Gasteiger charge is -2.34. The Hall–Kier alpha value is -2.95. The maximum atomic E-state index is 13.7. The van der Waals surface area contributed by atoms with Gasteiger partial charge >= 0.3 is 12.1 Å². The monoisotopic (exact) mass is 539 g/mol. The second kappa shape index (κ2) is 16.0. The van der Waals surface area contributed by atoms with Crippen LogP contribution in [0.1, 0.15) is 71.9 Å². The number of carbonyl (C=O) groups is 4. The molecular weight excluding hydrogens is 498 g/mol.